The van der Waals surface area contributed by atoms with Crippen molar-refractivity contribution in [1.82, 2.24) is 25.1 Å². The SMILES string of the molecule is CCCNc1nc(SCCC)nc2c1cnn2CCNC(=O)Cc1ccccc1. The number of carbonyl (C=O) groups excluding carboxylic acids is 1. The Morgan fingerprint density at radius 2 is 1.93 bits per heavy atom. The minimum absolute atomic E-state index is 0.00628. The van der Waals surface area contributed by atoms with Gasteiger partial charge in [0.25, 0.3) is 0 Å². The summed E-state index contributed by atoms with van der Waals surface area (Å²) in [5.74, 6) is 1.81. The maximum atomic E-state index is 12.2. The largest absolute Gasteiger partial charge is 0.369 e. The minimum atomic E-state index is 0.00628. The van der Waals surface area contributed by atoms with Crippen LogP contribution in [0.15, 0.2) is 41.7 Å². The molecular weight excluding hydrogens is 384 g/mol. The Kier molecular flexibility index (Phi) is 7.86. The molecule has 0 radical (unpaired) electrons. The molecule has 0 saturated carbocycles. The van der Waals surface area contributed by atoms with E-state index in [4.69, 9.17) is 4.98 Å². The van der Waals surface area contributed by atoms with Gasteiger partial charge in [0.1, 0.15) is 5.82 Å². The third-order valence-corrected chi connectivity index (χ3v) is 5.36. The summed E-state index contributed by atoms with van der Waals surface area (Å²) in [5.41, 5.74) is 1.81. The molecule has 1 amide bonds. The normalized spacial score (nSPS) is 11.0. The van der Waals surface area contributed by atoms with Crippen molar-refractivity contribution in [3.05, 3.63) is 42.1 Å². The molecule has 8 heteroatoms. The van der Waals surface area contributed by atoms with Gasteiger partial charge in [-0.1, -0.05) is 55.9 Å². The van der Waals surface area contributed by atoms with E-state index in [2.05, 4.69) is 34.6 Å². The van der Waals surface area contributed by atoms with Gasteiger partial charge in [-0.3, -0.25) is 4.79 Å². The summed E-state index contributed by atoms with van der Waals surface area (Å²) in [6, 6.07) is 9.74. The van der Waals surface area contributed by atoms with Gasteiger partial charge in [0, 0.05) is 18.8 Å². The van der Waals surface area contributed by atoms with Crippen LogP contribution in [0.25, 0.3) is 11.0 Å². The van der Waals surface area contributed by atoms with Crippen LogP contribution >= 0.6 is 11.8 Å². The number of fused-ring (bicyclic) bond motifs is 1. The summed E-state index contributed by atoms with van der Waals surface area (Å²) in [4.78, 5) is 21.5. The van der Waals surface area contributed by atoms with E-state index in [-0.39, 0.29) is 5.91 Å². The quantitative estimate of drug-likeness (QED) is 0.370. The van der Waals surface area contributed by atoms with Gasteiger partial charge < -0.3 is 10.6 Å². The van der Waals surface area contributed by atoms with Crippen molar-refractivity contribution in [2.24, 2.45) is 0 Å². The Morgan fingerprint density at radius 3 is 2.69 bits per heavy atom. The zero-order valence-corrected chi connectivity index (χ0v) is 17.8. The number of carbonyl (C=O) groups is 1. The zero-order chi connectivity index (χ0) is 20.5. The summed E-state index contributed by atoms with van der Waals surface area (Å²) in [7, 11) is 0. The maximum absolute atomic E-state index is 12.2. The minimum Gasteiger partial charge on any atom is -0.369 e. The number of aromatic nitrogens is 4. The molecule has 2 heterocycles. The third-order valence-electron chi connectivity index (χ3n) is 4.31. The highest BCUT2D eigenvalue weighted by atomic mass is 32.2. The number of amides is 1. The van der Waals surface area contributed by atoms with Crippen LogP contribution in [0, 0.1) is 0 Å². The number of hydrogen-bond acceptors (Lipinski definition) is 6. The van der Waals surface area contributed by atoms with Crippen LogP contribution in [0.1, 0.15) is 32.3 Å². The molecule has 0 spiro atoms. The molecule has 1 aromatic carbocycles. The van der Waals surface area contributed by atoms with Gasteiger partial charge in [-0.2, -0.15) is 5.10 Å². The van der Waals surface area contributed by atoms with Gasteiger partial charge in [0.15, 0.2) is 10.8 Å². The van der Waals surface area contributed by atoms with E-state index in [1.54, 1.807) is 18.0 Å². The summed E-state index contributed by atoms with van der Waals surface area (Å²) in [6.45, 7) is 6.18. The smallest absolute Gasteiger partial charge is 0.224 e. The monoisotopic (exact) mass is 412 g/mol. The van der Waals surface area contributed by atoms with E-state index in [1.807, 2.05) is 35.0 Å². The van der Waals surface area contributed by atoms with Crippen LogP contribution < -0.4 is 10.6 Å². The number of thioether (sulfide) groups is 1. The van der Waals surface area contributed by atoms with Crippen LogP contribution in [0.4, 0.5) is 5.82 Å². The van der Waals surface area contributed by atoms with Crippen LogP contribution in [0.5, 0.6) is 0 Å². The van der Waals surface area contributed by atoms with Gasteiger partial charge in [-0.15, -0.1) is 0 Å². The van der Waals surface area contributed by atoms with Crippen molar-refractivity contribution in [2.75, 3.05) is 24.2 Å². The zero-order valence-electron chi connectivity index (χ0n) is 17.0. The van der Waals surface area contributed by atoms with Crippen molar-refractivity contribution in [3.8, 4) is 0 Å². The molecule has 0 unspecified atom stereocenters. The summed E-state index contributed by atoms with van der Waals surface area (Å²) >= 11 is 1.65. The fourth-order valence-corrected chi connectivity index (χ4v) is 3.57. The molecule has 3 aromatic rings. The molecule has 0 aliphatic rings. The predicted molar refractivity (Wildman–Crippen MR) is 118 cm³/mol. The van der Waals surface area contributed by atoms with Crippen LogP contribution in [-0.4, -0.2) is 44.5 Å². The highest BCUT2D eigenvalue weighted by molar-refractivity contribution is 7.99. The molecule has 154 valence electrons. The molecule has 2 aromatic heterocycles. The molecule has 3 rings (SSSR count). The second kappa shape index (κ2) is 10.8. The van der Waals surface area contributed by atoms with E-state index in [9.17, 15) is 4.79 Å². The molecule has 0 atom stereocenters. The summed E-state index contributed by atoms with van der Waals surface area (Å²) < 4.78 is 1.84. The molecular formula is C21H28N6OS. The Morgan fingerprint density at radius 1 is 1.10 bits per heavy atom. The lowest BCUT2D eigenvalue weighted by Crippen LogP contribution is -2.28. The Hall–Kier alpha value is -2.61. The van der Waals surface area contributed by atoms with E-state index < -0.39 is 0 Å². The third kappa shape index (κ3) is 5.93. The second-order valence-electron chi connectivity index (χ2n) is 6.75. The van der Waals surface area contributed by atoms with E-state index >= 15 is 0 Å². The van der Waals surface area contributed by atoms with Gasteiger partial charge in [-0.25, -0.2) is 14.6 Å². The maximum Gasteiger partial charge on any atom is 0.224 e. The first-order chi connectivity index (χ1) is 14.2. The molecule has 0 bridgehead atoms. The molecule has 7 nitrogen and oxygen atoms in total. The van der Waals surface area contributed by atoms with Crippen molar-refractivity contribution < 1.29 is 4.79 Å². The van der Waals surface area contributed by atoms with Gasteiger partial charge in [0.2, 0.25) is 5.91 Å². The standard InChI is InChI=1S/C21H28N6OS/c1-3-10-23-19-17-15-24-27(20(17)26-21(25-19)29-13-4-2)12-11-22-18(28)14-16-8-6-5-7-9-16/h5-9,15H,3-4,10-14H2,1-2H3,(H,22,28)(H,23,25,26). The first-order valence-corrected chi connectivity index (χ1v) is 11.1. The van der Waals surface area contributed by atoms with Gasteiger partial charge in [0.05, 0.1) is 24.5 Å². The number of nitrogens with zero attached hydrogens (tertiary/aromatic N) is 4. The fraction of sp³-hybridized carbons (Fsp3) is 0.429. The van der Waals surface area contributed by atoms with Crippen molar-refractivity contribution in [2.45, 2.75) is 44.8 Å². The van der Waals surface area contributed by atoms with Crippen molar-refractivity contribution >= 4 is 34.5 Å². The topological polar surface area (TPSA) is 84.7 Å². The number of rotatable bonds is 11. The number of benzene rings is 1. The Labute approximate surface area is 175 Å². The van der Waals surface area contributed by atoms with Gasteiger partial charge in [-0.05, 0) is 18.4 Å². The fourth-order valence-electron chi connectivity index (χ4n) is 2.88. The van der Waals surface area contributed by atoms with Crippen LogP contribution in [-0.2, 0) is 17.8 Å². The lowest BCUT2D eigenvalue weighted by atomic mass is 10.1. The van der Waals surface area contributed by atoms with Crippen LogP contribution in [0.3, 0.4) is 0 Å². The number of nitrogens with one attached hydrogen (secondary N) is 2. The molecule has 2 N–H and O–H groups in total. The highest BCUT2D eigenvalue weighted by Crippen LogP contribution is 2.24. The summed E-state index contributed by atoms with van der Waals surface area (Å²) in [6.07, 6.45) is 4.26. The number of anilines is 1. The number of hydrogen-bond donors (Lipinski definition) is 2. The molecule has 0 fully saturated rings. The Bertz CT molecular complexity index is 928. The predicted octanol–water partition coefficient (Wildman–Crippen LogP) is 3.51. The molecule has 29 heavy (non-hydrogen) atoms. The average Bonchev–Trinajstić information content (AvgIpc) is 3.14. The first kappa shape index (κ1) is 21.1. The lowest BCUT2D eigenvalue weighted by Gasteiger charge is -2.09. The lowest BCUT2D eigenvalue weighted by molar-refractivity contribution is -0.120. The highest BCUT2D eigenvalue weighted by Gasteiger charge is 2.13. The second-order valence-corrected chi connectivity index (χ2v) is 7.81. The van der Waals surface area contributed by atoms with Crippen molar-refractivity contribution in [3.63, 3.8) is 0 Å². The van der Waals surface area contributed by atoms with Gasteiger partial charge >= 0.3 is 0 Å². The van der Waals surface area contributed by atoms with E-state index in [0.29, 0.717) is 19.5 Å². The molecule has 0 saturated heterocycles. The summed E-state index contributed by atoms with van der Waals surface area (Å²) in [5, 5.41) is 12.5. The average molecular weight is 413 g/mol. The van der Waals surface area contributed by atoms with Crippen LogP contribution in [0.2, 0.25) is 0 Å². The molecule has 0 aliphatic heterocycles. The van der Waals surface area contributed by atoms with E-state index in [0.717, 1.165) is 52.7 Å². The Balaban J connectivity index is 1.67. The first-order valence-electron chi connectivity index (χ1n) is 10.1. The van der Waals surface area contributed by atoms with Crippen molar-refractivity contribution in [1.29, 1.82) is 0 Å². The van der Waals surface area contributed by atoms with E-state index in [1.165, 1.54) is 0 Å². The molecule has 0 aliphatic carbocycles.